The number of aliphatic imine (C=N–C) groups is 1. The first kappa shape index (κ1) is 41.6. The molecule has 3 rings (SSSR count). The van der Waals surface area contributed by atoms with E-state index in [4.69, 9.17) is 17.2 Å². The van der Waals surface area contributed by atoms with E-state index in [0.717, 1.165) is 21.9 Å². The minimum Gasteiger partial charge on any atom is -0.507 e. The number of benzene rings is 3. The van der Waals surface area contributed by atoms with Crippen molar-refractivity contribution in [2.24, 2.45) is 22.2 Å². The maximum absolute atomic E-state index is 13.8. The number of aldehydes is 1. The molecule has 4 atom stereocenters. The summed E-state index contributed by atoms with van der Waals surface area (Å²) in [5, 5.41) is 25.4. The fraction of sp³-hybridized carbons (Fsp3) is 0.389. The van der Waals surface area contributed by atoms with Crippen molar-refractivity contribution >= 4 is 69.2 Å². The molecular formula is C36H48IN9O6. The number of halogens is 1. The molecule has 0 saturated carbocycles. The number of hydrogen-bond acceptors (Lipinski definition) is 9. The summed E-state index contributed by atoms with van der Waals surface area (Å²) in [6.07, 6.45) is 2.41. The first-order chi connectivity index (χ1) is 24.9. The second kappa shape index (κ2) is 21.5. The van der Waals surface area contributed by atoms with Crippen LogP contribution in [-0.2, 0) is 36.8 Å². The fourth-order valence-corrected chi connectivity index (χ4v) is 6.05. The van der Waals surface area contributed by atoms with Crippen molar-refractivity contribution in [2.75, 3.05) is 26.7 Å². The number of aromatic hydroxyl groups is 1. The summed E-state index contributed by atoms with van der Waals surface area (Å²) in [4.78, 5) is 69.3. The molecular weight excluding hydrogens is 781 g/mol. The molecule has 0 radical (unpaired) electrons. The lowest BCUT2D eigenvalue weighted by molar-refractivity contribution is -0.133. The van der Waals surface area contributed by atoms with E-state index in [0.29, 0.717) is 35.7 Å². The Morgan fingerprint density at radius 1 is 0.827 bits per heavy atom. The predicted octanol–water partition coefficient (Wildman–Crippen LogP) is 0.0852. The molecule has 12 N–H and O–H groups in total. The zero-order valence-electron chi connectivity index (χ0n) is 29.1. The SMILES string of the molecule is CN[C@H](CCCN)C(=O)N[C@@H](CCCN=C(N)N)C(=O)N[C@@H](Cc1ccc2ccccc2c1)C(=O)NCC(=O)N[C@@H](C=O)Cc1ccc(O)c(I)c1. The summed E-state index contributed by atoms with van der Waals surface area (Å²) >= 11 is 1.96. The minimum absolute atomic E-state index is 0.0742. The monoisotopic (exact) mass is 829 g/mol. The fourth-order valence-electron chi connectivity index (χ4n) is 5.47. The van der Waals surface area contributed by atoms with Crippen LogP contribution in [0.1, 0.15) is 36.8 Å². The highest BCUT2D eigenvalue weighted by Gasteiger charge is 2.29. The molecule has 0 fully saturated rings. The lowest BCUT2D eigenvalue weighted by Gasteiger charge is -2.25. The van der Waals surface area contributed by atoms with Crippen molar-refractivity contribution in [2.45, 2.75) is 62.7 Å². The molecule has 0 aliphatic heterocycles. The zero-order valence-corrected chi connectivity index (χ0v) is 31.2. The summed E-state index contributed by atoms with van der Waals surface area (Å²) in [5.74, 6) is -2.27. The Morgan fingerprint density at radius 2 is 1.48 bits per heavy atom. The third-order valence-electron chi connectivity index (χ3n) is 8.23. The topological polar surface area (TPSA) is 256 Å². The molecule has 16 heteroatoms. The largest absolute Gasteiger partial charge is 0.507 e. The van der Waals surface area contributed by atoms with E-state index in [-0.39, 0.29) is 37.5 Å². The highest BCUT2D eigenvalue weighted by atomic mass is 127. The van der Waals surface area contributed by atoms with Crippen LogP contribution in [0.4, 0.5) is 0 Å². The van der Waals surface area contributed by atoms with Crippen LogP contribution in [0.2, 0.25) is 0 Å². The Labute approximate surface area is 316 Å². The van der Waals surface area contributed by atoms with Gasteiger partial charge in [-0.05, 0) is 102 Å². The van der Waals surface area contributed by atoms with Gasteiger partial charge in [-0.2, -0.15) is 0 Å². The average molecular weight is 830 g/mol. The highest BCUT2D eigenvalue weighted by molar-refractivity contribution is 14.1. The van der Waals surface area contributed by atoms with Gasteiger partial charge in [-0.3, -0.25) is 24.2 Å². The maximum Gasteiger partial charge on any atom is 0.243 e. The van der Waals surface area contributed by atoms with E-state index in [1.165, 1.54) is 6.07 Å². The summed E-state index contributed by atoms with van der Waals surface area (Å²) in [6, 6.07) is 14.6. The first-order valence-corrected chi connectivity index (χ1v) is 18.0. The summed E-state index contributed by atoms with van der Waals surface area (Å²) in [6.45, 7) is 0.143. The van der Waals surface area contributed by atoms with Crippen molar-refractivity contribution in [1.29, 1.82) is 0 Å². The van der Waals surface area contributed by atoms with Crippen molar-refractivity contribution in [3.05, 3.63) is 75.4 Å². The second-order valence-corrected chi connectivity index (χ2v) is 13.4. The normalized spacial score (nSPS) is 13.2. The van der Waals surface area contributed by atoms with Gasteiger partial charge in [-0.15, -0.1) is 0 Å². The summed E-state index contributed by atoms with van der Waals surface area (Å²) < 4.78 is 0.599. The summed E-state index contributed by atoms with van der Waals surface area (Å²) in [7, 11) is 1.64. The number of amides is 4. The van der Waals surface area contributed by atoms with Crippen molar-refractivity contribution in [3.63, 3.8) is 0 Å². The van der Waals surface area contributed by atoms with Crippen LogP contribution >= 0.6 is 22.6 Å². The van der Waals surface area contributed by atoms with Gasteiger partial charge in [0.1, 0.15) is 24.1 Å². The molecule has 4 amide bonds. The van der Waals surface area contributed by atoms with Crippen LogP contribution in [0, 0.1) is 3.57 Å². The van der Waals surface area contributed by atoms with Crippen LogP contribution in [0.15, 0.2) is 65.7 Å². The van der Waals surface area contributed by atoms with Gasteiger partial charge in [0.15, 0.2) is 5.96 Å². The number of nitrogens with zero attached hydrogens (tertiary/aromatic N) is 1. The molecule has 0 heterocycles. The van der Waals surface area contributed by atoms with E-state index in [9.17, 15) is 29.1 Å². The standard InChI is InChI=1S/C36H48IN9O6/c1-41-28(8-4-14-38)34(51)45-29(9-5-15-42-36(39)40)35(52)46-30(19-22-10-12-24-6-2-3-7-25(24)16-22)33(50)43-20-32(49)44-26(21-47)17-23-11-13-31(48)27(37)18-23/h2-3,6-7,10-13,16,18,21,26,28-30,41,48H,4-5,8-9,14-15,17,19-20,38H2,1H3,(H,43,50)(H,44,49)(H,45,51)(H,46,52)(H4,39,40,42)/t26-,28-,29+,30+/m1/s1. The number of carbonyl (C=O) groups excluding carboxylic acids is 5. The lowest BCUT2D eigenvalue weighted by Crippen LogP contribution is -2.57. The second-order valence-electron chi connectivity index (χ2n) is 12.2. The number of carbonyl (C=O) groups is 5. The number of hydrogen-bond donors (Lipinski definition) is 9. The van der Waals surface area contributed by atoms with E-state index >= 15 is 0 Å². The van der Waals surface area contributed by atoms with Crippen molar-refractivity contribution in [1.82, 2.24) is 26.6 Å². The predicted molar refractivity (Wildman–Crippen MR) is 208 cm³/mol. The highest BCUT2D eigenvalue weighted by Crippen LogP contribution is 2.21. The van der Waals surface area contributed by atoms with Gasteiger partial charge in [-0.25, -0.2) is 0 Å². The van der Waals surface area contributed by atoms with Gasteiger partial charge in [0.2, 0.25) is 23.6 Å². The van der Waals surface area contributed by atoms with Crippen LogP contribution in [-0.4, -0.2) is 91.8 Å². The van der Waals surface area contributed by atoms with Gasteiger partial charge in [0.05, 0.1) is 22.2 Å². The number of phenolic OH excluding ortho intramolecular Hbond substituents is 1. The number of likely N-dealkylation sites (N-methyl/N-ethyl adjacent to an activating group) is 1. The van der Waals surface area contributed by atoms with E-state index < -0.39 is 54.3 Å². The molecule has 52 heavy (non-hydrogen) atoms. The molecule has 3 aromatic rings. The van der Waals surface area contributed by atoms with Crippen LogP contribution < -0.4 is 43.8 Å². The van der Waals surface area contributed by atoms with Gasteiger partial charge >= 0.3 is 0 Å². The molecule has 15 nitrogen and oxygen atoms in total. The quantitative estimate of drug-likeness (QED) is 0.0230. The maximum atomic E-state index is 13.8. The van der Waals surface area contributed by atoms with Crippen LogP contribution in [0.25, 0.3) is 10.8 Å². The Hall–Kier alpha value is -4.81. The van der Waals surface area contributed by atoms with Crippen LogP contribution in [0.5, 0.6) is 5.75 Å². The molecule has 0 aliphatic rings. The van der Waals surface area contributed by atoms with Gasteiger partial charge in [-0.1, -0.05) is 48.5 Å². The molecule has 0 bridgehead atoms. The van der Waals surface area contributed by atoms with Gasteiger partial charge < -0.3 is 53.7 Å². The van der Waals surface area contributed by atoms with Gasteiger partial charge in [0, 0.05) is 13.0 Å². The number of phenols is 1. The molecule has 0 spiro atoms. The number of nitrogens with one attached hydrogen (secondary N) is 5. The molecule has 3 aromatic carbocycles. The van der Waals surface area contributed by atoms with E-state index in [1.54, 1.807) is 19.2 Å². The Bertz CT molecular complexity index is 1720. The third kappa shape index (κ3) is 13.7. The Morgan fingerprint density at radius 3 is 2.15 bits per heavy atom. The molecule has 0 unspecified atom stereocenters. The third-order valence-corrected chi connectivity index (χ3v) is 9.09. The van der Waals surface area contributed by atoms with E-state index in [1.807, 2.05) is 65.1 Å². The number of rotatable bonds is 21. The first-order valence-electron chi connectivity index (χ1n) is 16.9. The smallest absolute Gasteiger partial charge is 0.243 e. The lowest BCUT2D eigenvalue weighted by atomic mass is 10.0. The van der Waals surface area contributed by atoms with Crippen molar-refractivity contribution in [3.8, 4) is 5.75 Å². The average Bonchev–Trinajstić information content (AvgIpc) is 3.12. The Balaban J connectivity index is 1.78. The van der Waals surface area contributed by atoms with Crippen molar-refractivity contribution < 1.29 is 29.1 Å². The summed E-state index contributed by atoms with van der Waals surface area (Å²) in [5.41, 5.74) is 18.0. The number of fused-ring (bicyclic) bond motifs is 1. The van der Waals surface area contributed by atoms with Gasteiger partial charge in [0.25, 0.3) is 0 Å². The Kier molecular flexibility index (Phi) is 17.2. The number of nitrogens with two attached hydrogens (primary N) is 3. The number of guanidine groups is 1. The molecule has 0 aliphatic carbocycles. The van der Waals surface area contributed by atoms with Crippen LogP contribution in [0.3, 0.4) is 0 Å². The zero-order chi connectivity index (χ0) is 38.0. The minimum atomic E-state index is -1.14. The molecule has 280 valence electrons. The van der Waals surface area contributed by atoms with E-state index in [2.05, 4.69) is 31.6 Å². The molecule has 0 aromatic heterocycles. The molecule has 0 saturated heterocycles.